The van der Waals surface area contributed by atoms with E-state index in [-0.39, 0.29) is 5.60 Å². The summed E-state index contributed by atoms with van der Waals surface area (Å²) < 4.78 is 5.62. The van der Waals surface area contributed by atoms with Crippen LogP contribution in [0.15, 0.2) is 12.3 Å². The summed E-state index contributed by atoms with van der Waals surface area (Å²) in [5, 5.41) is 0. The Bertz CT molecular complexity index is 299. The lowest BCUT2D eigenvalue weighted by atomic mass is 10.1. The Morgan fingerprint density at radius 1 is 1.50 bits per heavy atom. The number of ether oxygens (including phenoxy) is 1. The van der Waals surface area contributed by atoms with Crippen LogP contribution in [0.1, 0.15) is 32.9 Å². The molecule has 0 aromatic carbocycles. The Hall–Kier alpha value is -1.16. The van der Waals surface area contributed by atoms with Crippen molar-refractivity contribution in [1.29, 1.82) is 0 Å². The molecule has 1 aromatic rings. The van der Waals surface area contributed by atoms with E-state index in [4.69, 9.17) is 10.5 Å². The molecule has 0 amide bonds. The quantitative estimate of drug-likeness (QED) is 0.791. The van der Waals surface area contributed by atoms with E-state index in [9.17, 15) is 0 Å². The van der Waals surface area contributed by atoms with Crippen LogP contribution < -0.4 is 10.5 Å². The van der Waals surface area contributed by atoms with Crippen LogP contribution in [-0.4, -0.2) is 15.6 Å². The number of hydrogen-bond acceptors (Lipinski definition) is 4. The molecule has 0 unspecified atom stereocenters. The third-order valence-corrected chi connectivity index (χ3v) is 2.12. The van der Waals surface area contributed by atoms with Gasteiger partial charge >= 0.3 is 6.01 Å². The van der Waals surface area contributed by atoms with E-state index < -0.39 is 0 Å². The van der Waals surface area contributed by atoms with Crippen LogP contribution in [0.4, 0.5) is 0 Å². The van der Waals surface area contributed by atoms with E-state index in [1.54, 1.807) is 12.3 Å². The number of hydrogen-bond donors (Lipinski definition) is 1. The van der Waals surface area contributed by atoms with Crippen molar-refractivity contribution in [2.24, 2.45) is 5.73 Å². The van der Waals surface area contributed by atoms with Gasteiger partial charge in [0.1, 0.15) is 5.60 Å². The number of nitrogens with two attached hydrogens (primary N) is 1. The topological polar surface area (TPSA) is 61.0 Å². The van der Waals surface area contributed by atoms with E-state index in [0.29, 0.717) is 12.6 Å². The van der Waals surface area contributed by atoms with Gasteiger partial charge in [0, 0.05) is 12.7 Å². The highest BCUT2D eigenvalue weighted by atomic mass is 16.5. The highest BCUT2D eigenvalue weighted by Crippen LogP contribution is 2.16. The average Bonchev–Trinajstić information content (AvgIpc) is 2.17. The Labute approximate surface area is 84.5 Å². The second-order valence-electron chi connectivity index (χ2n) is 3.75. The standard InChI is InChI=1S/C10H17N3O/c1-4-10(2,3)14-9-12-6-5-8(7-11)13-9/h5-6H,4,7,11H2,1-3H3. The molecule has 0 bridgehead atoms. The molecule has 0 aliphatic carbocycles. The van der Waals surface area contributed by atoms with Crippen LogP contribution in [0.2, 0.25) is 0 Å². The maximum atomic E-state index is 5.62. The second kappa shape index (κ2) is 4.37. The van der Waals surface area contributed by atoms with Gasteiger partial charge in [0.25, 0.3) is 0 Å². The van der Waals surface area contributed by atoms with Gasteiger partial charge in [-0.2, -0.15) is 4.98 Å². The molecular formula is C10H17N3O. The molecule has 0 aliphatic heterocycles. The fraction of sp³-hybridized carbons (Fsp3) is 0.600. The molecule has 14 heavy (non-hydrogen) atoms. The lowest BCUT2D eigenvalue weighted by Gasteiger charge is -2.23. The Kier molecular flexibility index (Phi) is 3.41. The summed E-state index contributed by atoms with van der Waals surface area (Å²) in [4.78, 5) is 8.20. The minimum Gasteiger partial charge on any atom is -0.457 e. The smallest absolute Gasteiger partial charge is 0.317 e. The molecule has 0 aliphatic rings. The summed E-state index contributed by atoms with van der Waals surface area (Å²) in [5.41, 5.74) is 6.03. The molecule has 0 fully saturated rings. The Morgan fingerprint density at radius 2 is 2.21 bits per heavy atom. The van der Waals surface area contributed by atoms with Crippen LogP contribution in [0.3, 0.4) is 0 Å². The molecule has 1 heterocycles. The molecule has 78 valence electrons. The molecule has 4 nitrogen and oxygen atoms in total. The highest BCUT2D eigenvalue weighted by molar-refractivity contribution is 5.05. The van der Waals surface area contributed by atoms with Gasteiger partial charge in [0.05, 0.1) is 5.69 Å². The first-order valence-corrected chi connectivity index (χ1v) is 4.78. The van der Waals surface area contributed by atoms with E-state index in [2.05, 4.69) is 16.9 Å². The van der Waals surface area contributed by atoms with E-state index in [1.807, 2.05) is 13.8 Å². The zero-order valence-corrected chi connectivity index (χ0v) is 8.95. The second-order valence-corrected chi connectivity index (χ2v) is 3.75. The lowest BCUT2D eigenvalue weighted by Crippen LogP contribution is -2.28. The minimum atomic E-state index is -0.229. The first kappa shape index (κ1) is 10.9. The van der Waals surface area contributed by atoms with Crippen LogP contribution in [-0.2, 0) is 6.54 Å². The van der Waals surface area contributed by atoms with Gasteiger partial charge in [-0.3, -0.25) is 0 Å². The fourth-order valence-electron chi connectivity index (χ4n) is 0.858. The van der Waals surface area contributed by atoms with Gasteiger partial charge in [0.2, 0.25) is 0 Å². The number of aromatic nitrogens is 2. The van der Waals surface area contributed by atoms with Gasteiger partial charge in [0.15, 0.2) is 0 Å². The van der Waals surface area contributed by atoms with E-state index in [0.717, 1.165) is 12.1 Å². The van der Waals surface area contributed by atoms with Crippen LogP contribution >= 0.6 is 0 Å². The van der Waals surface area contributed by atoms with Gasteiger partial charge in [-0.05, 0) is 26.3 Å². The van der Waals surface area contributed by atoms with Crippen molar-refractivity contribution >= 4 is 0 Å². The van der Waals surface area contributed by atoms with Crippen molar-refractivity contribution in [2.75, 3.05) is 0 Å². The molecular weight excluding hydrogens is 178 g/mol. The summed E-state index contributed by atoms with van der Waals surface area (Å²) in [5.74, 6) is 0. The van der Waals surface area contributed by atoms with E-state index in [1.165, 1.54) is 0 Å². The molecule has 0 saturated carbocycles. The molecule has 1 aromatic heterocycles. The molecule has 0 radical (unpaired) electrons. The van der Waals surface area contributed by atoms with Crippen molar-refractivity contribution in [3.63, 3.8) is 0 Å². The first-order valence-electron chi connectivity index (χ1n) is 4.78. The monoisotopic (exact) mass is 195 g/mol. The largest absolute Gasteiger partial charge is 0.457 e. The molecule has 4 heteroatoms. The summed E-state index contributed by atoms with van der Waals surface area (Å²) >= 11 is 0. The van der Waals surface area contributed by atoms with Crippen molar-refractivity contribution in [2.45, 2.75) is 39.3 Å². The SMILES string of the molecule is CCC(C)(C)Oc1nccc(CN)n1. The van der Waals surface area contributed by atoms with Crippen LogP contribution in [0.5, 0.6) is 6.01 Å². The summed E-state index contributed by atoms with van der Waals surface area (Å²) in [7, 11) is 0. The predicted octanol–water partition coefficient (Wildman–Crippen LogP) is 1.50. The third kappa shape index (κ3) is 2.96. The molecule has 0 spiro atoms. The zero-order valence-electron chi connectivity index (χ0n) is 8.95. The molecule has 2 N–H and O–H groups in total. The zero-order chi connectivity index (χ0) is 10.6. The summed E-state index contributed by atoms with van der Waals surface area (Å²) in [6.45, 7) is 6.48. The van der Waals surface area contributed by atoms with Gasteiger partial charge < -0.3 is 10.5 Å². The number of rotatable bonds is 4. The van der Waals surface area contributed by atoms with Crippen molar-refractivity contribution in [3.05, 3.63) is 18.0 Å². The van der Waals surface area contributed by atoms with Gasteiger partial charge in [-0.25, -0.2) is 4.98 Å². The van der Waals surface area contributed by atoms with Crippen LogP contribution in [0.25, 0.3) is 0 Å². The van der Waals surface area contributed by atoms with Crippen LogP contribution in [0, 0.1) is 0 Å². The van der Waals surface area contributed by atoms with Crippen molar-refractivity contribution in [1.82, 2.24) is 9.97 Å². The lowest BCUT2D eigenvalue weighted by molar-refractivity contribution is 0.0921. The van der Waals surface area contributed by atoms with Crippen molar-refractivity contribution in [3.8, 4) is 6.01 Å². The average molecular weight is 195 g/mol. The predicted molar refractivity (Wildman–Crippen MR) is 54.9 cm³/mol. The first-order chi connectivity index (χ1) is 6.57. The maximum Gasteiger partial charge on any atom is 0.317 e. The van der Waals surface area contributed by atoms with Crippen molar-refractivity contribution < 1.29 is 4.74 Å². The van der Waals surface area contributed by atoms with E-state index >= 15 is 0 Å². The third-order valence-electron chi connectivity index (χ3n) is 2.12. The fourth-order valence-corrected chi connectivity index (χ4v) is 0.858. The van der Waals surface area contributed by atoms with Gasteiger partial charge in [-0.1, -0.05) is 6.92 Å². The Balaban J connectivity index is 2.76. The minimum absolute atomic E-state index is 0.229. The molecule has 1 rings (SSSR count). The maximum absolute atomic E-state index is 5.62. The van der Waals surface area contributed by atoms with Gasteiger partial charge in [-0.15, -0.1) is 0 Å². The normalized spacial score (nSPS) is 11.4. The summed E-state index contributed by atoms with van der Waals surface area (Å²) in [6, 6.07) is 2.19. The highest BCUT2D eigenvalue weighted by Gasteiger charge is 2.18. The molecule has 0 atom stereocenters. The number of nitrogens with zero attached hydrogens (tertiary/aromatic N) is 2. The summed E-state index contributed by atoms with van der Waals surface area (Å²) in [6.07, 6.45) is 2.57. The Morgan fingerprint density at radius 3 is 2.79 bits per heavy atom. The molecule has 0 saturated heterocycles.